The summed E-state index contributed by atoms with van der Waals surface area (Å²) in [5, 5.41) is 2.85. The highest BCUT2D eigenvalue weighted by Gasteiger charge is 2.20. The number of hydrogen-bond acceptors (Lipinski definition) is 4. The summed E-state index contributed by atoms with van der Waals surface area (Å²) in [4.78, 5) is 13.9. The van der Waals surface area contributed by atoms with E-state index in [-0.39, 0.29) is 30.7 Å². The smallest absolute Gasteiger partial charge is 0.226 e. The molecular formula is C21H28FN3O3S. The normalized spacial score (nSPS) is 11.7. The van der Waals surface area contributed by atoms with E-state index in [1.807, 2.05) is 25.1 Å². The third kappa shape index (κ3) is 6.54. The Kier molecular flexibility index (Phi) is 7.37. The summed E-state index contributed by atoms with van der Waals surface area (Å²) in [5.41, 5.74) is 2.90. The van der Waals surface area contributed by atoms with Gasteiger partial charge in [0.15, 0.2) is 0 Å². The van der Waals surface area contributed by atoms with Crippen LogP contribution in [0.5, 0.6) is 0 Å². The maximum absolute atomic E-state index is 13.2. The van der Waals surface area contributed by atoms with Crippen LogP contribution in [-0.4, -0.2) is 39.0 Å². The van der Waals surface area contributed by atoms with Gasteiger partial charge in [0, 0.05) is 44.5 Å². The molecule has 0 fully saturated rings. The lowest BCUT2D eigenvalue weighted by Gasteiger charge is -2.25. The number of benzene rings is 2. The molecule has 0 aromatic heterocycles. The number of carbonyl (C=O) groups is 1. The molecule has 0 unspecified atom stereocenters. The summed E-state index contributed by atoms with van der Waals surface area (Å²) < 4.78 is 39.3. The van der Waals surface area contributed by atoms with Gasteiger partial charge in [-0.05, 0) is 41.5 Å². The fourth-order valence-electron chi connectivity index (χ4n) is 2.79. The Morgan fingerprint density at radius 1 is 1.07 bits per heavy atom. The second-order valence-corrected chi connectivity index (χ2v) is 9.52. The van der Waals surface area contributed by atoms with Crippen LogP contribution >= 0.6 is 0 Å². The predicted molar refractivity (Wildman–Crippen MR) is 115 cm³/mol. The number of sulfonamides is 1. The molecule has 0 aliphatic carbocycles. The van der Waals surface area contributed by atoms with Crippen molar-refractivity contribution in [3.8, 4) is 0 Å². The number of amides is 1. The molecule has 158 valence electrons. The second-order valence-electron chi connectivity index (χ2n) is 7.54. The minimum atomic E-state index is -3.53. The van der Waals surface area contributed by atoms with E-state index in [4.69, 9.17) is 0 Å². The molecule has 0 radical (unpaired) electrons. The van der Waals surface area contributed by atoms with Crippen molar-refractivity contribution in [3.63, 3.8) is 0 Å². The number of rotatable bonds is 8. The molecular weight excluding hydrogens is 393 g/mol. The van der Waals surface area contributed by atoms with Gasteiger partial charge in [-0.3, -0.25) is 4.79 Å². The topological polar surface area (TPSA) is 69.7 Å². The van der Waals surface area contributed by atoms with Gasteiger partial charge in [0.25, 0.3) is 0 Å². The van der Waals surface area contributed by atoms with Gasteiger partial charge in [-0.25, -0.2) is 12.8 Å². The van der Waals surface area contributed by atoms with E-state index >= 15 is 0 Å². The Balaban J connectivity index is 2.37. The molecule has 2 rings (SSSR count). The molecule has 6 nitrogen and oxygen atoms in total. The maximum atomic E-state index is 13.2. The third-order valence-electron chi connectivity index (χ3n) is 4.44. The van der Waals surface area contributed by atoms with Crippen molar-refractivity contribution in [2.75, 3.05) is 30.6 Å². The number of nitrogens with zero attached hydrogens (tertiary/aromatic N) is 2. The van der Waals surface area contributed by atoms with E-state index in [9.17, 15) is 17.6 Å². The highest BCUT2D eigenvalue weighted by molar-refractivity contribution is 7.88. The molecule has 2 aromatic rings. The number of halogens is 1. The highest BCUT2D eigenvalue weighted by atomic mass is 32.2. The Labute approximate surface area is 172 Å². The Hall–Kier alpha value is -2.45. The average Bonchev–Trinajstić information content (AvgIpc) is 2.62. The van der Waals surface area contributed by atoms with Crippen LogP contribution in [0.1, 0.15) is 25.0 Å². The van der Waals surface area contributed by atoms with E-state index in [0.29, 0.717) is 11.3 Å². The van der Waals surface area contributed by atoms with Crippen LogP contribution in [0.25, 0.3) is 0 Å². The Morgan fingerprint density at radius 2 is 1.69 bits per heavy atom. The van der Waals surface area contributed by atoms with Gasteiger partial charge >= 0.3 is 0 Å². The number of anilines is 2. The van der Waals surface area contributed by atoms with Crippen LogP contribution in [0.15, 0.2) is 42.5 Å². The standard InChI is InChI=1S/C21H28FN3O3S/c1-15(2)21(26)23-19-10-11-20(24(3)4)17(12-19)14-25(29(5,27)28)13-16-6-8-18(22)9-7-16/h6-12,15H,13-14H2,1-5H3,(H,23,26). The minimum absolute atomic E-state index is 0.111. The van der Waals surface area contributed by atoms with Crippen LogP contribution in [0.3, 0.4) is 0 Å². The highest BCUT2D eigenvalue weighted by Crippen LogP contribution is 2.26. The van der Waals surface area contributed by atoms with Crippen molar-refractivity contribution in [1.29, 1.82) is 0 Å². The second kappa shape index (κ2) is 9.37. The van der Waals surface area contributed by atoms with Crippen LogP contribution in [0.4, 0.5) is 15.8 Å². The molecule has 0 saturated heterocycles. The molecule has 29 heavy (non-hydrogen) atoms. The van der Waals surface area contributed by atoms with Crippen molar-refractivity contribution < 1.29 is 17.6 Å². The van der Waals surface area contributed by atoms with Crippen molar-refractivity contribution in [2.24, 2.45) is 5.92 Å². The van der Waals surface area contributed by atoms with E-state index in [0.717, 1.165) is 17.5 Å². The Morgan fingerprint density at radius 3 is 2.21 bits per heavy atom. The number of carbonyl (C=O) groups excluding carboxylic acids is 1. The van der Waals surface area contributed by atoms with Gasteiger partial charge in [-0.15, -0.1) is 0 Å². The lowest BCUT2D eigenvalue weighted by Crippen LogP contribution is -2.30. The van der Waals surface area contributed by atoms with Crippen LogP contribution in [0, 0.1) is 11.7 Å². The molecule has 0 aliphatic rings. The van der Waals surface area contributed by atoms with E-state index in [1.54, 1.807) is 38.1 Å². The SMILES string of the molecule is CC(C)C(=O)Nc1ccc(N(C)C)c(CN(Cc2ccc(F)cc2)S(C)(=O)=O)c1. The molecule has 0 heterocycles. The van der Waals surface area contributed by atoms with Crippen LogP contribution in [0.2, 0.25) is 0 Å². The van der Waals surface area contributed by atoms with Gasteiger partial charge in [-0.2, -0.15) is 4.31 Å². The first-order valence-corrected chi connectivity index (χ1v) is 11.1. The number of nitrogens with one attached hydrogen (secondary N) is 1. The quantitative estimate of drug-likeness (QED) is 0.709. The fraction of sp³-hybridized carbons (Fsp3) is 0.381. The van der Waals surface area contributed by atoms with Gasteiger partial charge in [0.2, 0.25) is 15.9 Å². The van der Waals surface area contributed by atoms with Crippen LogP contribution < -0.4 is 10.2 Å². The van der Waals surface area contributed by atoms with Crippen molar-refractivity contribution in [2.45, 2.75) is 26.9 Å². The first-order valence-electron chi connectivity index (χ1n) is 9.28. The first-order chi connectivity index (χ1) is 13.5. The zero-order valence-electron chi connectivity index (χ0n) is 17.4. The molecule has 0 bridgehead atoms. The molecule has 1 amide bonds. The molecule has 0 aliphatic heterocycles. The molecule has 0 atom stereocenters. The average molecular weight is 422 g/mol. The molecule has 0 spiro atoms. The minimum Gasteiger partial charge on any atom is -0.377 e. The maximum Gasteiger partial charge on any atom is 0.226 e. The molecule has 2 aromatic carbocycles. The predicted octanol–water partition coefficient (Wildman–Crippen LogP) is 3.45. The van der Waals surface area contributed by atoms with Crippen molar-refractivity contribution in [1.82, 2.24) is 4.31 Å². The lowest BCUT2D eigenvalue weighted by molar-refractivity contribution is -0.118. The van der Waals surface area contributed by atoms with Crippen molar-refractivity contribution >= 4 is 27.3 Å². The molecule has 8 heteroatoms. The Bertz CT molecular complexity index is 958. The van der Waals surface area contributed by atoms with Gasteiger partial charge < -0.3 is 10.2 Å². The van der Waals surface area contributed by atoms with Gasteiger partial charge in [0.05, 0.1) is 6.26 Å². The van der Waals surface area contributed by atoms with E-state index < -0.39 is 10.0 Å². The fourth-order valence-corrected chi connectivity index (χ4v) is 3.54. The van der Waals surface area contributed by atoms with Crippen molar-refractivity contribution in [3.05, 3.63) is 59.4 Å². The lowest BCUT2D eigenvalue weighted by atomic mass is 10.1. The van der Waals surface area contributed by atoms with E-state index in [1.165, 1.54) is 16.4 Å². The summed E-state index contributed by atoms with van der Waals surface area (Å²) in [6, 6.07) is 11.2. The van der Waals surface area contributed by atoms with Gasteiger partial charge in [-0.1, -0.05) is 26.0 Å². The number of hydrogen-bond donors (Lipinski definition) is 1. The van der Waals surface area contributed by atoms with Gasteiger partial charge in [0.1, 0.15) is 5.82 Å². The summed E-state index contributed by atoms with van der Waals surface area (Å²) in [7, 11) is 0.212. The largest absolute Gasteiger partial charge is 0.377 e. The first kappa shape index (κ1) is 22.8. The zero-order chi connectivity index (χ0) is 21.8. The summed E-state index contributed by atoms with van der Waals surface area (Å²) in [5.74, 6) is -0.652. The molecule has 1 N–H and O–H groups in total. The molecule has 0 saturated carbocycles. The summed E-state index contributed by atoms with van der Waals surface area (Å²) in [6.45, 7) is 3.85. The summed E-state index contributed by atoms with van der Waals surface area (Å²) >= 11 is 0. The zero-order valence-corrected chi connectivity index (χ0v) is 18.3. The third-order valence-corrected chi connectivity index (χ3v) is 5.64. The van der Waals surface area contributed by atoms with E-state index in [2.05, 4.69) is 5.32 Å². The monoisotopic (exact) mass is 421 g/mol. The van der Waals surface area contributed by atoms with Crippen LogP contribution in [-0.2, 0) is 27.9 Å². The summed E-state index contributed by atoms with van der Waals surface area (Å²) in [6.07, 6.45) is 1.15.